The van der Waals surface area contributed by atoms with Crippen LogP contribution in [-0.2, 0) is 28.9 Å². The Bertz CT molecular complexity index is 1920. The molecule has 3 heterocycles. The number of aromatic amines is 1. The zero-order valence-electron chi connectivity index (χ0n) is 26.9. The van der Waals surface area contributed by atoms with Crippen LogP contribution in [0, 0.1) is 0 Å². The maximum atomic E-state index is 6.12. The lowest BCUT2D eigenvalue weighted by Gasteiger charge is -2.09. The molecule has 48 heavy (non-hydrogen) atoms. The van der Waals surface area contributed by atoms with Gasteiger partial charge in [0.1, 0.15) is 11.3 Å². The number of benzene rings is 4. The first-order chi connectivity index (χ1) is 23.8. The van der Waals surface area contributed by atoms with Gasteiger partial charge in [-0.25, -0.2) is 0 Å². The van der Waals surface area contributed by atoms with Crippen LogP contribution in [0.4, 0.5) is 5.69 Å². The second kappa shape index (κ2) is 15.7. The first kappa shape index (κ1) is 31.5. The minimum atomic E-state index is 0.257. The number of nitrogens with zero attached hydrogens (tertiary/aromatic N) is 1. The van der Waals surface area contributed by atoms with Gasteiger partial charge in [-0.2, -0.15) is 5.10 Å². The van der Waals surface area contributed by atoms with Gasteiger partial charge in [0.15, 0.2) is 11.5 Å². The fourth-order valence-corrected chi connectivity index (χ4v) is 5.71. The molecule has 0 spiro atoms. The van der Waals surface area contributed by atoms with Gasteiger partial charge in [0.05, 0.1) is 37.8 Å². The minimum Gasteiger partial charge on any atom is -0.461 e. The molecule has 9 nitrogen and oxygen atoms in total. The average Bonchev–Trinajstić information content (AvgIpc) is 3.90. The minimum absolute atomic E-state index is 0.257. The van der Waals surface area contributed by atoms with Crippen LogP contribution in [0.15, 0.2) is 108 Å². The van der Waals surface area contributed by atoms with Gasteiger partial charge in [0.2, 0.25) is 6.79 Å². The van der Waals surface area contributed by atoms with Crippen molar-refractivity contribution in [1.82, 2.24) is 15.5 Å². The van der Waals surface area contributed by atoms with E-state index in [4.69, 9.17) is 23.4 Å². The van der Waals surface area contributed by atoms with Gasteiger partial charge in [-0.15, -0.1) is 0 Å². The van der Waals surface area contributed by atoms with Crippen molar-refractivity contribution < 1.29 is 23.4 Å². The van der Waals surface area contributed by atoms with Crippen LogP contribution in [0.5, 0.6) is 11.5 Å². The van der Waals surface area contributed by atoms with Gasteiger partial charge in [-0.05, 0) is 66.1 Å². The summed E-state index contributed by atoms with van der Waals surface area (Å²) in [5.41, 5.74) is 8.29. The summed E-state index contributed by atoms with van der Waals surface area (Å²) in [7, 11) is 0. The number of fused-ring (bicyclic) bond motifs is 2. The summed E-state index contributed by atoms with van der Waals surface area (Å²) in [5, 5.41) is 15.7. The molecule has 0 bridgehead atoms. The first-order valence-electron chi connectivity index (χ1n) is 16.5. The van der Waals surface area contributed by atoms with Crippen LogP contribution in [-0.4, -0.2) is 56.5 Å². The molecule has 0 unspecified atom stereocenters. The van der Waals surface area contributed by atoms with E-state index in [0.29, 0.717) is 33.0 Å². The number of furan rings is 1. The molecule has 0 saturated heterocycles. The highest BCUT2D eigenvalue weighted by molar-refractivity contribution is 5.78. The summed E-state index contributed by atoms with van der Waals surface area (Å²) in [6.07, 6.45) is 1.88. The second-order valence-electron chi connectivity index (χ2n) is 11.7. The number of ether oxygens (including phenoxy) is 4. The molecule has 0 radical (unpaired) electrons. The van der Waals surface area contributed by atoms with Crippen molar-refractivity contribution in [1.29, 1.82) is 0 Å². The molecule has 0 atom stereocenters. The fraction of sp³-hybridized carbons (Fsp3) is 0.256. The Morgan fingerprint density at radius 3 is 2.48 bits per heavy atom. The third-order valence-corrected chi connectivity index (χ3v) is 8.26. The Kier molecular flexibility index (Phi) is 10.3. The third-order valence-electron chi connectivity index (χ3n) is 8.26. The number of anilines is 1. The largest absolute Gasteiger partial charge is 0.461 e. The van der Waals surface area contributed by atoms with Crippen LogP contribution in [0.2, 0.25) is 0 Å². The Hall–Kier alpha value is -5.09. The molecule has 1 aliphatic rings. The van der Waals surface area contributed by atoms with Crippen molar-refractivity contribution >= 4 is 16.7 Å². The molecule has 0 saturated carbocycles. The summed E-state index contributed by atoms with van der Waals surface area (Å²) >= 11 is 0. The molecule has 9 heteroatoms. The van der Waals surface area contributed by atoms with Gasteiger partial charge in [0, 0.05) is 48.3 Å². The molecule has 0 aliphatic carbocycles. The highest BCUT2D eigenvalue weighted by Gasteiger charge is 2.15. The summed E-state index contributed by atoms with van der Waals surface area (Å²) in [4.78, 5) is 0. The molecule has 7 rings (SSSR count). The van der Waals surface area contributed by atoms with Crippen LogP contribution in [0.3, 0.4) is 0 Å². The predicted octanol–water partition coefficient (Wildman–Crippen LogP) is 7.24. The van der Waals surface area contributed by atoms with Crippen molar-refractivity contribution in [2.24, 2.45) is 0 Å². The van der Waals surface area contributed by atoms with Crippen LogP contribution < -0.4 is 20.1 Å². The maximum absolute atomic E-state index is 6.12. The number of H-pyrrole nitrogens is 1. The first-order valence-corrected chi connectivity index (χ1v) is 16.5. The monoisotopic (exact) mass is 644 g/mol. The lowest BCUT2D eigenvalue weighted by Crippen LogP contribution is -2.20. The second-order valence-corrected chi connectivity index (χ2v) is 11.7. The summed E-state index contributed by atoms with van der Waals surface area (Å²) in [6, 6.07) is 35.2. The van der Waals surface area contributed by atoms with Crippen molar-refractivity contribution in [3.05, 3.63) is 120 Å². The molecular formula is C39H40N4O5. The van der Waals surface area contributed by atoms with Gasteiger partial charge >= 0.3 is 0 Å². The maximum Gasteiger partial charge on any atom is 0.231 e. The van der Waals surface area contributed by atoms with Crippen molar-refractivity contribution in [3.8, 4) is 34.0 Å². The van der Waals surface area contributed by atoms with Crippen LogP contribution in [0.1, 0.15) is 16.9 Å². The third kappa shape index (κ3) is 8.24. The highest BCUT2D eigenvalue weighted by Crippen LogP contribution is 2.36. The molecule has 0 amide bonds. The number of hydrogen-bond donors (Lipinski definition) is 3. The topological polar surface area (TPSA) is 103 Å². The molecule has 246 valence electrons. The predicted molar refractivity (Wildman–Crippen MR) is 187 cm³/mol. The normalized spacial score (nSPS) is 12.2. The van der Waals surface area contributed by atoms with Gasteiger partial charge in [0.25, 0.3) is 0 Å². The van der Waals surface area contributed by atoms with E-state index in [2.05, 4.69) is 81.5 Å². The Labute approximate surface area is 280 Å². The molecule has 3 N–H and O–H groups in total. The average molecular weight is 645 g/mol. The Morgan fingerprint density at radius 1 is 0.688 bits per heavy atom. The summed E-state index contributed by atoms with van der Waals surface area (Å²) in [6.45, 7) is 4.83. The van der Waals surface area contributed by atoms with E-state index in [1.165, 1.54) is 11.1 Å². The van der Waals surface area contributed by atoms with E-state index in [1.807, 2.05) is 42.5 Å². The van der Waals surface area contributed by atoms with Crippen LogP contribution in [0.25, 0.3) is 33.5 Å². The molecular weight excluding hydrogens is 604 g/mol. The van der Waals surface area contributed by atoms with Gasteiger partial charge in [-0.1, -0.05) is 54.6 Å². The quantitative estimate of drug-likeness (QED) is 0.0894. The molecule has 0 fully saturated rings. The summed E-state index contributed by atoms with van der Waals surface area (Å²) < 4.78 is 28.5. The van der Waals surface area contributed by atoms with E-state index in [0.717, 1.165) is 82.4 Å². The number of aryl methyl sites for hydroxylation is 2. The SMILES string of the molecule is c1ccc(CCc2cc3ccc(CNCCOCCOCCNc4cccc(-c5cc(-c6ccc7c(c6)OCO7)[nH]n5)c4)cc3o2)cc1. The molecule has 2 aromatic heterocycles. The molecule has 1 aliphatic heterocycles. The van der Waals surface area contributed by atoms with E-state index in [-0.39, 0.29) is 6.79 Å². The van der Waals surface area contributed by atoms with Crippen molar-refractivity contribution in [3.63, 3.8) is 0 Å². The zero-order valence-corrected chi connectivity index (χ0v) is 26.9. The van der Waals surface area contributed by atoms with E-state index < -0.39 is 0 Å². The summed E-state index contributed by atoms with van der Waals surface area (Å²) in [5.74, 6) is 2.54. The lowest BCUT2D eigenvalue weighted by molar-refractivity contribution is 0.0527. The van der Waals surface area contributed by atoms with Crippen molar-refractivity contribution in [2.75, 3.05) is 51.6 Å². The number of hydrogen-bond acceptors (Lipinski definition) is 8. The Morgan fingerprint density at radius 2 is 1.56 bits per heavy atom. The lowest BCUT2D eigenvalue weighted by atomic mass is 10.1. The zero-order chi connectivity index (χ0) is 32.4. The smallest absolute Gasteiger partial charge is 0.231 e. The number of aromatic nitrogens is 2. The van der Waals surface area contributed by atoms with E-state index in [1.54, 1.807) is 0 Å². The van der Waals surface area contributed by atoms with Crippen molar-refractivity contribution in [2.45, 2.75) is 19.4 Å². The molecule has 4 aromatic carbocycles. The van der Waals surface area contributed by atoms with E-state index >= 15 is 0 Å². The van der Waals surface area contributed by atoms with Gasteiger partial charge < -0.3 is 34.0 Å². The highest BCUT2D eigenvalue weighted by atomic mass is 16.7. The fourth-order valence-electron chi connectivity index (χ4n) is 5.71. The number of nitrogens with one attached hydrogen (secondary N) is 3. The number of rotatable bonds is 17. The van der Waals surface area contributed by atoms with E-state index in [9.17, 15) is 0 Å². The van der Waals surface area contributed by atoms with Gasteiger partial charge in [-0.3, -0.25) is 5.10 Å². The Balaban J connectivity index is 0.752. The standard InChI is InChI=1S/C39H40N4O5/c1-2-5-28(6-3-1)10-13-34-23-32-11-9-29(21-38(32)48-34)26-40-15-17-44-19-20-45-18-16-41-33-8-4-7-30(22-33)35-25-36(43-42-35)31-12-14-37-39(24-31)47-27-46-37/h1-9,11-12,14,21-25,40-41H,10,13,15-20,26-27H2,(H,42,43). The molecule has 6 aromatic rings. The van der Waals surface area contributed by atoms with Crippen LogP contribution >= 0.6 is 0 Å².